The quantitative estimate of drug-likeness (QED) is 0.352. The van der Waals surface area contributed by atoms with E-state index in [1.807, 2.05) is 28.8 Å². The smallest absolute Gasteiger partial charge is 0.261 e. The van der Waals surface area contributed by atoms with Gasteiger partial charge in [-0.15, -0.1) is 0 Å². The Kier molecular flexibility index (Phi) is 7.19. The molecule has 5 rings (SSSR count). The highest BCUT2D eigenvalue weighted by molar-refractivity contribution is 6.31. The number of hydrogen-bond acceptors (Lipinski definition) is 6. The van der Waals surface area contributed by atoms with Gasteiger partial charge in [-0.1, -0.05) is 35.3 Å². The second-order valence-electron chi connectivity index (χ2n) is 8.67. The molecule has 4 heterocycles. The zero-order chi connectivity index (χ0) is 26.1. The topological polar surface area (TPSA) is 83.2 Å². The Bertz CT molecular complexity index is 1460. The van der Waals surface area contributed by atoms with E-state index < -0.39 is 11.9 Å². The number of hydrogen-bond donors (Lipinski definition) is 1. The summed E-state index contributed by atoms with van der Waals surface area (Å²) >= 11 is 12.3. The highest BCUT2D eigenvalue weighted by atomic mass is 35.5. The molecule has 4 aromatic rings. The van der Waals surface area contributed by atoms with Gasteiger partial charge in [-0.3, -0.25) is 4.79 Å². The van der Waals surface area contributed by atoms with Gasteiger partial charge in [0, 0.05) is 43.3 Å². The highest BCUT2D eigenvalue weighted by Crippen LogP contribution is 2.37. The van der Waals surface area contributed by atoms with E-state index in [0.717, 1.165) is 17.0 Å². The molecule has 1 N–H and O–H groups in total. The fraction of sp³-hybridized carbons (Fsp3) is 0.269. The van der Waals surface area contributed by atoms with E-state index in [1.165, 1.54) is 6.07 Å². The molecule has 1 atom stereocenters. The van der Waals surface area contributed by atoms with Crippen molar-refractivity contribution in [2.45, 2.75) is 12.5 Å². The van der Waals surface area contributed by atoms with Gasteiger partial charge in [0.1, 0.15) is 23.3 Å². The van der Waals surface area contributed by atoms with E-state index in [2.05, 4.69) is 4.98 Å². The van der Waals surface area contributed by atoms with Crippen molar-refractivity contribution in [2.75, 3.05) is 38.3 Å². The van der Waals surface area contributed by atoms with Gasteiger partial charge >= 0.3 is 0 Å². The van der Waals surface area contributed by atoms with Crippen LogP contribution >= 0.6 is 23.2 Å². The maximum atomic E-state index is 15.2. The zero-order valence-corrected chi connectivity index (χ0v) is 21.5. The van der Waals surface area contributed by atoms with Gasteiger partial charge in [0.2, 0.25) is 0 Å². The summed E-state index contributed by atoms with van der Waals surface area (Å²) < 4.78 is 22.8. The summed E-state index contributed by atoms with van der Waals surface area (Å²) in [7, 11) is 1.78. The van der Waals surface area contributed by atoms with Crippen LogP contribution in [0.2, 0.25) is 10.2 Å². The number of halogens is 3. The van der Waals surface area contributed by atoms with Crippen molar-refractivity contribution < 1.29 is 19.0 Å². The Morgan fingerprint density at radius 1 is 1.22 bits per heavy atom. The van der Waals surface area contributed by atoms with Gasteiger partial charge in [0.05, 0.1) is 18.0 Å². The molecule has 0 bridgehead atoms. The summed E-state index contributed by atoms with van der Waals surface area (Å²) in [6.07, 6.45) is 2.37. The number of amides is 1. The molecule has 1 unspecified atom stereocenters. The summed E-state index contributed by atoms with van der Waals surface area (Å²) in [6, 6.07) is 12.7. The van der Waals surface area contributed by atoms with Gasteiger partial charge in [0.25, 0.3) is 5.91 Å². The molecule has 3 aromatic heterocycles. The second-order valence-corrected chi connectivity index (χ2v) is 9.46. The molecule has 192 valence electrons. The predicted molar refractivity (Wildman–Crippen MR) is 139 cm³/mol. The van der Waals surface area contributed by atoms with Crippen molar-refractivity contribution in [3.8, 4) is 5.75 Å². The number of aliphatic hydroxyl groups excluding tert-OH is 1. The molecule has 0 spiro atoms. The SMILES string of the molecule is CN(CCO)c1ccc(OCC(=O)N2CCc3nc4ccccn4c3C2c2ccc(Cl)cc2F)c(Cl)n1. The van der Waals surface area contributed by atoms with Crippen LogP contribution in [0.4, 0.5) is 10.2 Å². The molecule has 0 saturated heterocycles. The number of rotatable bonds is 7. The van der Waals surface area contributed by atoms with Gasteiger partial charge in [-0.05, 0) is 36.4 Å². The molecule has 1 aliphatic rings. The van der Waals surface area contributed by atoms with E-state index in [0.29, 0.717) is 30.9 Å². The standard InChI is InChI=1S/C26H24Cl2FN5O3/c1-32(12-13-35)21-8-7-20(26(28)31-21)37-15-23(36)34-11-9-19-25(33-10-3-2-4-22(33)30-19)24(34)17-6-5-16(27)14-18(17)29/h2-8,10,14,24,35H,9,11-13,15H2,1H3. The lowest BCUT2D eigenvalue weighted by Crippen LogP contribution is -2.43. The van der Waals surface area contributed by atoms with Crippen LogP contribution in [0.1, 0.15) is 23.0 Å². The Labute approximate surface area is 222 Å². The third-order valence-corrected chi connectivity index (χ3v) is 6.86. The van der Waals surface area contributed by atoms with Crippen molar-refractivity contribution in [1.82, 2.24) is 19.3 Å². The van der Waals surface area contributed by atoms with Crippen molar-refractivity contribution in [3.63, 3.8) is 0 Å². The number of aliphatic hydroxyl groups is 1. The van der Waals surface area contributed by atoms with Crippen LogP contribution in [-0.4, -0.2) is 63.6 Å². The number of carbonyl (C=O) groups excluding carboxylic acids is 1. The van der Waals surface area contributed by atoms with E-state index in [4.69, 9.17) is 38.0 Å². The minimum absolute atomic E-state index is 0.0258. The average molecular weight is 544 g/mol. The van der Waals surface area contributed by atoms with Crippen LogP contribution in [0.15, 0.2) is 54.7 Å². The van der Waals surface area contributed by atoms with Crippen molar-refractivity contribution in [2.24, 2.45) is 0 Å². The molecule has 11 heteroatoms. The first-order valence-corrected chi connectivity index (χ1v) is 12.4. The number of anilines is 1. The third-order valence-electron chi connectivity index (χ3n) is 6.36. The first-order chi connectivity index (χ1) is 17.9. The fourth-order valence-electron chi connectivity index (χ4n) is 4.57. The Balaban J connectivity index is 1.45. The molecular formula is C26H24Cl2FN5O3. The van der Waals surface area contributed by atoms with E-state index in [1.54, 1.807) is 41.1 Å². The minimum atomic E-state index is -0.724. The Morgan fingerprint density at radius 3 is 2.81 bits per heavy atom. The number of carbonyl (C=O) groups is 1. The fourth-order valence-corrected chi connectivity index (χ4v) is 4.93. The molecular weight excluding hydrogens is 520 g/mol. The van der Waals surface area contributed by atoms with Crippen molar-refractivity contribution in [1.29, 1.82) is 0 Å². The maximum Gasteiger partial charge on any atom is 0.261 e. The van der Waals surface area contributed by atoms with E-state index in [9.17, 15) is 4.79 Å². The molecule has 0 aliphatic carbocycles. The van der Waals surface area contributed by atoms with E-state index >= 15 is 4.39 Å². The summed E-state index contributed by atoms with van der Waals surface area (Å²) in [4.78, 5) is 25.8. The molecule has 1 aliphatic heterocycles. The number of ether oxygens (including phenoxy) is 1. The first kappa shape index (κ1) is 25.3. The largest absolute Gasteiger partial charge is 0.481 e. The molecule has 1 aromatic carbocycles. The first-order valence-electron chi connectivity index (χ1n) is 11.7. The summed E-state index contributed by atoms with van der Waals surface area (Å²) in [6.45, 7) is 0.389. The normalized spacial score (nSPS) is 15.1. The van der Waals surface area contributed by atoms with Gasteiger partial charge < -0.3 is 24.0 Å². The number of imidazole rings is 1. The number of aromatic nitrogens is 3. The van der Waals surface area contributed by atoms with Crippen LogP contribution in [0.3, 0.4) is 0 Å². The lowest BCUT2D eigenvalue weighted by atomic mass is 9.95. The Hall–Kier alpha value is -3.40. The summed E-state index contributed by atoms with van der Waals surface area (Å²) in [5.41, 5.74) is 2.58. The lowest BCUT2D eigenvalue weighted by Gasteiger charge is -2.36. The molecule has 37 heavy (non-hydrogen) atoms. The molecule has 8 nitrogen and oxygen atoms in total. The molecule has 0 saturated carbocycles. The molecule has 0 fully saturated rings. The summed E-state index contributed by atoms with van der Waals surface area (Å²) in [5.74, 6) is -0.0386. The lowest BCUT2D eigenvalue weighted by molar-refractivity contribution is -0.135. The summed E-state index contributed by atoms with van der Waals surface area (Å²) in [5, 5.41) is 9.49. The average Bonchev–Trinajstić information content (AvgIpc) is 3.26. The number of fused-ring (bicyclic) bond motifs is 3. The number of likely N-dealkylation sites (N-methyl/N-ethyl adjacent to an activating group) is 1. The molecule has 1 amide bonds. The van der Waals surface area contributed by atoms with Gasteiger partial charge in [-0.2, -0.15) is 0 Å². The van der Waals surface area contributed by atoms with Crippen LogP contribution in [0.5, 0.6) is 5.75 Å². The van der Waals surface area contributed by atoms with Crippen molar-refractivity contribution in [3.05, 3.63) is 87.7 Å². The van der Waals surface area contributed by atoms with Crippen LogP contribution in [-0.2, 0) is 11.2 Å². The predicted octanol–water partition coefficient (Wildman–Crippen LogP) is 4.16. The number of benzene rings is 1. The monoisotopic (exact) mass is 543 g/mol. The zero-order valence-electron chi connectivity index (χ0n) is 19.9. The number of nitrogens with zero attached hydrogens (tertiary/aromatic N) is 5. The Morgan fingerprint density at radius 2 is 2.05 bits per heavy atom. The van der Waals surface area contributed by atoms with Crippen LogP contribution in [0, 0.1) is 5.82 Å². The van der Waals surface area contributed by atoms with Gasteiger partial charge in [-0.25, -0.2) is 14.4 Å². The van der Waals surface area contributed by atoms with Crippen LogP contribution in [0.25, 0.3) is 5.65 Å². The van der Waals surface area contributed by atoms with Gasteiger partial charge in [0.15, 0.2) is 17.5 Å². The highest BCUT2D eigenvalue weighted by Gasteiger charge is 2.37. The number of pyridine rings is 2. The second kappa shape index (κ2) is 10.5. The van der Waals surface area contributed by atoms with Crippen LogP contribution < -0.4 is 9.64 Å². The maximum absolute atomic E-state index is 15.2. The molecule has 0 radical (unpaired) electrons. The minimum Gasteiger partial charge on any atom is -0.481 e. The third kappa shape index (κ3) is 4.94. The van der Waals surface area contributed by atoms with Crippen molar-refractivity contribution >= 4 is 40.6 Å². The van der Waals surface area contributed by atoms with E-state index in [-0.39, 0.29) is 35.0 Å².